The molecule has 94 valence electrons. The van der Waals surface area contributed by atoms with E-state index < -0.39 is 16.0 Å². The third-order valence-electron chi connectivity index (χ3n) is 2.75. The van der Waals surface area contributed by atoms with Gasteiger partial charge in [0.1, 0.15) is 0 Å². The van der Waals surface area contributed by atoms with Crippen molar-refractivity contribution in [1.29, 1.82) is 0 Å². The maximum absolute atomic E-state index is 11.7. The Morgan fingerprint density at radius 1 is 1.25 bits per heavy atom. The fourth-order valence-corrected chi connectivity index (χ4v) is 3.08. The highest BCUT2D eigenvalue weighted by molar-refractivity contribution is 7.89. The Labute approximate surface area is 95.9 Å². The topological polar surface area (TPSA) is 77.9 Å². The van der Waals surface area contributed by atoms with Gasteiger partial charge in [0, 0.05) is 26.2 Å². The van der Waals surface area contributed by atoms with Gasteiger partial charge < -0.3 is 10.0 Å². The molecule has 1 aliphatic rings. The second kappa shape index (κ2) is 5.60. The third-order valence-corrected chi connectivity index (χ3v) is 4.62. The molecule has 0 spiro atoms. The van der Waals surface area contributed by atoms with Crippen molar-refractivity contribution < 1.29 is 18.3 Å². The van der Waals surface area contributed by atoms with Gasteiger partial charge in [-0.05, 0) is 6.54 Å². The molecule has 1 saturated heterocycles. The molecule has 0 aromatic rings. The van der Waals surface area contributed by atoms with Gasteiger partial charge in [-0.25, -0.2) is 8.42 Å². The number of aliphatic carboxylic acids is 1. The fourth-order valence-electron chi connectivity index (χ4n) is 1.67. The summed E-state index contributed by atoms with van der Waals surface area (Å²) in [4.78, 5) is 12.5. The summed E-state index contributed by atoms with van der Waals surface area (Å²) in [7, 11) is -3.38. The molecule has 0 aromatic carbocycles. The zero-order valence-electron chi connectivity index (χ0n) is 9.42. The van der Waals surface area contributed by atoms with Crippen LogP contribution < -0.4 is 0 Å². The smallest absolute Gasteiger partial charge is 0.304 e. The Kier molecular flexibility index (Phi) is 4.69. The lowest BCUT2D eigenvalue weighted by Crippen LogP contribution is -2.49. The normalized spacial score (nSPS) is 19.8. The molecule has 0 saturated carbocycles. The fraction of sp³-hybridized carbons (Fsp3) is 0.889. The highest BCUT2D eigenvalue weighted by Crippen LogP contribution is 2.08. The van der Waals surface area contributed by atoms with E-state index in [0.717, 1.165) is 19.6 Å². The largest absolute Gasteiger partial charge is 0.481 e. The van der Waals surface area contributed by atoms with Crippen molar-refractivity contribution in [2.45, 2.75) is 13.3 Å². The van der Waals surface area contributed by atoms with E-state index in [9.17, 15) is 13.2 Å². The molecule has 7 heteroatoms. The van der Waals surface area contributed by atoms with E-state index in [1.165, 1.54) is 4.31 Å². The highest BCUT2D eigenvalue weighted by Gasteiger charge is 2.26. The van der Waals surface area contributed by atoms with Gasteiger partial charge in [-0.2, -0.15) is 4.31 Å². The third kappa shape index (κ3) is 3.73. The molecule has 1 N–H and O–H groups in total. The van der Waals surface area contributed by atoms with Gasteiger partial charge in [-0.1, -0.05) is 6.92 Å². The molecule has 16 heavy (non-hydrogen) atoms. The van der Waals surface area contributed by atoms with Crippen molar-refractivity contribution in [3.8, 4) is 0 Å². The number of rotatable bonds is 5. The summed E-state index contributed by atoms with van der Waals surface area (Å²) in [6.45, 7) is 5.34. The van der Waals surface area contributed by atoms with E-state index in [2.05, 4.69) is 4.90 Å². The van der Waals surface area contributed by atoms with E-state index in [-0.39, 0.29) is 12.2 Å². The number of hydrogen-bond acceptors (Lipinski definition) is 4. The number of carbonyl (C=O) groups is 1. The first kappa shape index (κ1) is 13.4. The lowest BCUT2D eigenvalue weighted by molar-refractivity contribution is -0.136. The lowest BCUT2D eigenvalue weighted by Gasteiger charge is -2.33. The van der Waals surface area contributed by atoms with Gasteiger partial charge in [0.15, 0.2) is 0 Å². The molecule has 0 radical (unpaired) electrons. The minimum absolute atomic E-state index is 0.297. The highest BCUT2D eigenvalue weighted by atomic mass is 32.2. The number of sulfonamides is 1. The van der Waals surface area contributed by atoms with Crippen LogP contribution in [0.3, 0.4) is 0 Å². The summed E-state index contributed by atoms with van der Waals surface area (Å²) >= 11 is 0. The Bertz CT molecular complexity index is 333. The minimum atomic E-state index is -3.38. The maximum Gasteiger partial charge on any atom is 0.304 e. The van der Waals surface area contributed by atoms with Crippen molar-refractivity contribution in [3.05, 3.63) is 0 Å². The summed E-state index contributed by atoms with van der Waals surface area (Å²) in [5.74, 6) is -1.37. The molecule has 1 fully saturated rings. The van der Waals surface area contributed by atoms with E-state index in [1.54, 1.807) is 0 Å². The average Bonchev–Trinajstić information content (AvgIpc) is 2.27. The Balaban J connectivity index is 2.48. The summed E-state index contributed by atoms with van der Waals surface area (Å²) < 4.78 is 24.8. The molecule has 0 unspecified atom stereocenters. The molecule has 6 nitrogen and oxygen atoms in total. The second-order valence-electron chi connectivity index (χ2n) is 3.79. The zero-order chi connectivity index (χ0) is 12.2. The summed E-state index contributed by atoms with van der Waals surface area (Å²) in [5, 5.41) is 8.46. The van der Waals surface area contributed by atoms with Crippen LogP contribution in [0, 0.1) is 0 Å². The molecular formula is C9H18N2O4S. The van der Waals surface area contributed by atoms with E-state index in [4.69, 9.17) is 5.11 Å². The van der Waals surface area contributed by atoms with Gasteiger partial charge >= 0.3 is 5.97 Å². The molecule has 0 bridgehead atoms. The minimum Gasteiger partial charge on any atom is -0.481 e. The molecule has 0 atom stereocenters. The van der Waals surface area contributed by atoms with Crippen LogP contribution in [0.1, 0.15) is 13.3 Å². The van der Waals surface area contributed by atoms with Crippen molar-refractivity contribution in [2.24, 2.45) is 0 Å². The first-order valence-electron chi connectivity index (χ1n) is 5.37. The van der Waals surface area contributed by atoms with Crippen LogP contribution in [0.25, 0.3) is 0 Å². The lowest BCUT2D eigenvalue weighted by atomic mass is 10.4. The van der Waals surface area contributed by atoms with E-state index in [0.29, 0.717) is 13.1 Å². The van der Waals surface area contributed by atoms with E-state index >= 15 is 0 Å². The van der Waals surface area contributed by atoms with Crippen LogP contribution in [-0.2, 0) is 14.8 Å². The maximum atomic E-state index is 11.7. The van der Waals surface area contributed by atoms with Gasteiger partial charge in [0.2, 0.25) is 10.0 Å². The Morgan fingerprint density at radius 2 is 1.81 bits per heavy atom. The van der Waals surface area contributed by atoms with Gasteiger partial charge in [-0.15, -0.1) is 0 Å². The number of likely N-dealkylation sites (N-methyl/N-ethyl adjacent to an activating group) is 1. The molecule has 1 aliphatic heterocycles. The van der Waals surface area contributed by atoms with Gasteiger partial charge in [0.25, 0.3) is 0 Å². The summed E-state index contributed by atoms with van der Waals surface area (Å²) in [6, 6.07) is 0. The number of carboxylic acids is 1. The van der Waals surface area contributed by atoms with Gasteiger partial charge in [-0.3, -0.25) is 4.79 Å². The van der Waals surface area contributed by atoms with Crippen molar-refractivity contribution in [2.75, 3.05) is 38.5 Å². The number of hydrogen-bond donors (Lipinski definition) is 1. The monoisotopic (exact) mass is 250 g/mol. The predicted octanol–water partition coefficient (Wildman–Crippen LogP) is -0.572. The van der Waals surface area contributed by atoms with Crippen LogP contribution in [0.5, 0.6) is 0 Å². The van der Waals surface area contributed by atoms with Crippen molar-refractivity contribution >= 4 is 16.0 Å². The molecular weight excluding hydrogens is 232 g/mol. The SMILES string of the molecule is CCN1CCN(S(=O)(=O)CCC(=O)O)CC1. The first-order chi connectivity index (χ1) is 7.45. The average molecular weight is 250 g/mol. The summed E-state index contributed by atoms with van der Waals surface area (Å²) in [6.07, 6.45) is -0.323. The quantitative estimate of drug-likeness (QED) is 0.707. The van der Waals surface area contributed by atoms with Crippen LogP contribution in [0.4, 0.5) is 0 Å². The summed E-state index contributed by atoms with van der Waals surface area (Å²) in [5.41, 5.74) is 0. The molecule has 0 aromatic heterocycles. The number of piperazine rings is 1. The van der Waals surface area contributed by atoms with Crippen LogP contribution in [0.15, 0.2) is 0 Å². The molecule has 1 rings (SSSR count). The standard InChI is InChI=1S/C9H18N2O4S/c1-2-10-4-6-11(7-5-10)16(14,15)8-3-9(12)13/h2-8H2,1H3,(H,12,13). The Hall–Kier alpha value is -0.660. The van der Waals surface area contributed by atoms with Crippen LogP contribution in [-0.4, -0.2) is 67.2 Å². The Morgan fingerprint density at radius 3 is 2.25 bits per heavy atom. The first-order valence-corrected chi connectivity index (χ1v) is 6.98. The molecule has 0 amide bonds. The number of carboxylic acid groups (broad SMARTS) is 1. The van der Waals surface area contributed by atoms with Crippen LogP contribution in [0.2, 0.25) is 0 Å². The predicted molar refractivity (Wildman–Crippen MR) is 59.7 cm³/mol. The second-order valence-corrected chi connectivity index (χ2v) is 5.88. The zero-order valence-corrected chi connectivity index (χ0v) is 10.2. The van der Waals surface area contributed by atoms with Gasteiger partial charge in [0.05, 0.1) is 12.2 Å². The molecule has 1 heterocycles. The van der Waals surface area contributed by atoms with Crippen molar-refractivity contribution in [3.63, 3.8) is 0 Å². The van der Waals surface area contributed by atoms with Crippen molar-refractivity contribution in [1.82, 2.24) is 9.21 Å². The molecule has 0 aliphatic carbocycles. The van der Waals surface area contributed by atoms with E-state index in [1.807, 2.05) is 6.92 Å². The number of nitrogens with zero attached hydrogens (tertiary/aromatic N) is 2. The van der Waals surface area contributed by atoms with Crippen LogP contribution >= 0.6 is 0 Å².